The van der Waals surface area contributed by atoms with Gasteiger partial charge in [0.15, 0.2) is 0 Å². The van der Waals surface area contributed by atoms with Crippen molar-refractivity contribution in [1.82, 2.24) is 4.57 Å². The van der Waals surface area contributed by atoms with E-state index in [0.717, 1.165) is 0 Å². The van der Waals surface area contributed by atoms with Gasteiger partial charge >= 0.3 is 0 Å². The van der Waals surface area contributed by atoms with Gasteiger partial charge in [0.05, 0.1) is 0 Å². The molecular weight excluding hydrogens is 170 g/mol. The molecule has 1 aromatic heterocycles. The molecule has 1 aromatic rings. The van der Waals surface area contributed by atoms with E-state index in [1.165, 1.54) is 17.8 Å². The molecule has 80 valence electrons. The summed E-state index contributed by atoms with van der Waals surface area (Å²) in [7, 11) is 2.18. The second kappa shape index (κ2) is 3.80. The van der Waals surface area contributed by atoms with E-state index >= 15 is 0 Å². The molecule has 0 aliphatic rings. The molecule has 1 nitrogen and oxygen atoms in total. The normalized spacial score (nSPS) is 12.5. The minimum absolute atomic E-state index is 0.294. The van der Waals surface area contributed by atoms with E-state index in [4.69, 9.17) is 0 Å². The second-order valence-corrected chi connectivity index (χ2v) is 5.09. The van der Waals surface area contributed by atoms with Crippen LogP contribution in [0.1, 0.15) is 58.3 Å². The summed E-state index contributed by atoms with van der Waals surface area (Å²) in [6, 6.07) is 4.54. The van der Waals surface area contributed by atoms with Crippen molar-refractivity contribution in [3.63, 3.8) is 0 Å². The van der Waals surface area contributed by atoms with Crippen LogP contribution in [0.4, 0.5) is 0 Å². The quantitative estimate of drug-likeness (QED) is 0.687. The number of nitrogens with zero attached hydrogens (tertiary/aromatic N) is 1. The maximum Gasteiger partial charge on any atom is 0.0230 e. The third-order valence-corrected chi connectivity index (χ3v) is 3.33. The SMILES string of the molecule is CCC(C)(C)c1ccc(C(C)C)n1C. The van der Waals surface area contributed by atoms with Gasteiger partial charge in [0.25, 0.3) is 0 Å². The molecule has 1 rings (SSSR count). The van der Waals surface area contributed by atoms with E-state index < -0.39 is 0 Å². The van der Waals surface area contributed by atoms with Crippen LogP contribution in [0.25, 0.3) is 0 Å². The molecule has 0 spiro atoms. The Morgan fingerprint density at radius 1 is 1.29 bits per heavy atom. The highest BCUT2D eigenvalue weighted by Crippen LogP contribution is 2.29. The van der Waals surface area contributed by atoms with Crippen molar-refractivity contribution in [1.29, 1.82) is 0 Å². The molecule has 1 heterocycles. The van der Waals surface area contributed by atoms with Crippen LogP contribution in [0.5, 0.6) is 0 Å². The lowest BCUT2D eigenvalue weighted by atomic mass is 9.86. The molecule has 0 saturated carbocycles. The Hall–Kier alpha value is -0.720. The molecule has 0 atom stereocenters. The molecule has 14 heavy (non-hydrogen) atoms. The van der Waals surface area contributed by atoms with Crippen LogP contribution in [-0.4, -0.2) is 4.57 Å². The number of hydrogen-bond donors (Lipinski definition) is 0. The van der Waals surface area contributed by atoms with Gasteiger partial charge in [-0.05, 0) is 24.5 Å². The van der Waals surface area contributed by atoms with Crippen LogP contribution in [0.2, 0.25) is 0 Å². The Bertz CT molecular complexity index is 305. The highest BCUT2D eigenvalue weighted by Gasteiger charge is 2.22. The molecule has 1 heteroatoms. The first kappa shape index (κ1) is 11.4. The topological polar surface area (TPSA) is 4.93 Å². The van der Waals surface area contributed by atoms with Gasteiger partial charge in [-0.25, -0.2) is 0 Å². The van der Waals surface area contributed by atoms with Crippen LogP contribution in [0.15, 0.2) is 12.1 Å². The van der Waals surface area contributed by atoms with Gasteiger partial charge in [-0.15, -0.1) is 0 Å². The van der Waals surface area contributed by atoms with E-state index in [9.17, 15) is 0 Å². The van der Waals surface area contributed by atoms with Gasteiger partial charge in [-0.1, -0.05) is 34.6 Å². The second-order valence-electron chi connectivity index (χ2n) is 5.09. The van der Waals surface area contributed by atoms with Crippen molar-refractivity contribution < 1.29 is 0 Å². The fraction of sp³-hybridized carbons (Fsp3) is 0.692. The summed E-state index contributed by atoms with van der Waals surface area (Å²) in [5.41, 5.74) is 3.17. The van der Waals surface area contributed by atoms with Gasteiger partial charge in [0.2, 0.25) is 0 Å². The van der Waals surface area contributed by atoms with Crippen LogP contribution in [-0.2, 0) is 12.5 Å². The predicted octanol–water partition coefficient (Wildman–Crippen LogP) is 3.84. The smallest absolute Gasteiger partial charge is 0.0230 e. The lowest BCUT2D eigenvalue weighted by Gasteiger charge is -2.25. The zero-order valence-electron chi connectivity index (χ0n) is 10.4. The highest BCUT2D eigenvalue weighted by molar-refractivity contribution is 5.24. The number of aromatic nitrogens is 1. The third kappa shape index (κ3) is 1.87. The Labute approximate surface area is 88.1 Å². The third-order valence-electron chi connectivity index (χ3n) is 3.33. The molecule has 0 saturated heterocycles. The summed E-state index contributed by atoms with van der Waals surface area (Å²) in [4.78, 5) is 0. The van der Waals surface area contributed by atoms with Gasteiger partial charge in [0, 0.05) is 23.9 Å². The zero-order chi connectivity index (χ0) is 10.9. The van der Waals surface area contributed by atoms with Crippen molar-refractivity contribution in [2.24, 2.45) is 7.05 Å². The Morgan fingerprint density at radius 2 is 1.86 bits per heavy atom. The molecule has 0 radical (unpaired) electrons. The maximum absolute atomic E-state index is 2.36. The molecule has 0 bridgehead atoms. The Morgan fingerprint density at radius 3 is 2.21 bits per heavy atom. The van der Waals surface area contributed by atoms with Crippen molar-refractivity contribution in [3.05, 3.63) is 23.5 Å². The average molecular weight is 193 g/mol. The first-order valence-corrected chi connectivity index (χ1v) is 5.56. The molecule has 0 aromatic carbocycles. The van der Waals surface area contributed by atoms with Gasteiger partial charge in [-0.2, -0.15) is 0 Å². The maximum atomic E-state index is 2.36. The lowest BCUT2D eigenvalue weighted by Crippen LogP contribution is -2.20. The molecule has 0 fully saturated rings. The summed E-state index contributed by atoms with van der Waals surface area (Å²) in [6.45, 7) is 11.4. The van der Waals surface area contributed by atoms with Crippen LogP contribution < -0.4 is 0 Å². The molecule has 0 amide bonds. The van der Waals surface area contributed by atoms with E-state index in [1.807, 2.05) is 0 Å². The van der Waals surface area contributed by atoms with E-state index in [-0.39, 0.29) is 0 Å². The first-order chi connectivity index (χ1) is 6.40. The standard InChI is InChI=1S/C13H23N/c1-7-13(4,5)12-9-8-11(10(2)3)14(12)6/h8-10H,7H2,1-6H3. The largest absolute Gasteiger partial charge is 0.351 e. The summed E-state index contributed by atoms with van der Waals surface area (Å²) < 4.78 is 2.36. The minimum Gasteiger partial charge on any atom is -0.351 e. The van der Waals surface area contributed by atoms with E-state index in [0.29, 0.717) is 11.3 Å². The van der Waals surface area contributed by atoms with Crippen molar-refractivity contribution >= 4 is 0 Å². The number of rotatable bonds is 3. The van der Waals surface area contributed by atoms with Gasteiger partial charge in [0.1, 0.15) is 0 Å². The average Bonchev–Trinajstić information content (AvgIpc) is 2.47. The Balaban J connectivity index is 3.13. The van der Waals surface area contributed by atoms with Gasteiger partial charge in [-0.3, -0.25) is 0 Å². The number of hydrogen-bond acceptors (Lipinski definition) is 0. The van der Waals surface area contributed by atoms with Crippen LogP contribution in [0.3, 0.4) is 0 Å². The summed E-state index contributed by atoms with van der Waals surface area (Å²) >= 11 is 0. The lowest BCUT2D eigenvalue weighted by molar-refractivity contribution is 0.468. The Kier molecular flexibility index (Phi) is 3.08. The predicted molar refractivity (Wildman–Crippen MR) is 62.8 cm³/mol. The fourth-order valence-electron chi connectivity index (χ4n) is 1.97. The summed E-state index contributed by atoms with van der Waals surface area (Å²) in [6.07, 6.45) is 1.18. The minimum atomic E-state index is 0.294. The van der Waals surface area contributed by atoms with E-state index in [2.05, 4.69) is 58.4 Å². The van der Waals surface area contributed by atoms with Gasteiger partial charge < -0.3 is 4.57 Å². The zero-order valence-corrected chi connectivity index (χ0v) is 10.4. The monoisotopic (exact) mass is 193 g/mol. The van der Waals surface area contributed by atoms with E-state index in [1.54, 1.807) is 0 Å². The molecule has 0 aliphatic carbocycles. The highest BCUT2D eigenvalue weighted by atomic mass is 15.0. The summed E-state index contributed by atoms with van der Waals surface area (Å²) in [5, 5.41) is 0. The molecule has 0 aliphatic heterocycles. The fourth-order valence-corrected chi connectivity index (χ4v) is 1.97. The summed E-state index contributed by atoms with van der Waals surface area (Å²) in [5.74, 6) is 0.612. The molecule has 0 N–H and O–H groups in total. The van der Waals surface area contributed by atoms with Crippen molar-refractivity contribution in [3.8, 4) is 0 Å². The van der Waals surface area contributed by atoms with Crippen molar-refractivity contribution in [2.45, 2.75) is 52.4 Å². The molecule has 0 unspecified atom stereocenters. The van der Waals surface area contributed by atoms with Crippen molar-refractivity contribution in [2.75, 3.05) is 0 Å². The molecular formula is C13H23N. The van der Waals surface area contributed by atoms with Crippen LogP contribution >= 0.6 is 0 Å². The first-order valence-electron chi connectivity index (χ1n) is 5.56. The van der Waals surface area contributed by atoms with Crippen LogP contribution in [0, 0.1) is 0 Å².